The van der Waals surface area contributed by atoms with Crippen molar-refractivity contribution < 1.29 is 14.6 Å². The Morgan fingerprint density at radius 3 is 3.14 bits per heavy atom. The first-order valence-corrected chi connectivity index (χ1v) is 7.39. The van der Waals surface area contributed by atoms with Gasteiger partial charge in [-0.05, 0) is 25.0 Å². The van der Waals surface area contributed by atoms with E-state index < -0.39 is 0 Å². The molecule has 1 aliphatic heterocycles. The Morgan fingerprint density at radius 2 is 2.45 bits per heavy atom. The normalized spacial score (nSPS) is 17.8. The van der Waals surface area contributed by atoms with Gasteiger partial charge in [0.2, 0.25) is 0 Å². The van der Waals surface area contributed by atoms with E-state index in [0.29, 0.717) is 12.2 Å². The second-order valence-corrected chi connectivity index (χ2v) is 5.10. The van der Waals surface area contributed by atoms with Gasteiger partial charge in [0.25, 0.3) is 5.91 Å². The van der Waals surface area contributed by atoms with Gasteiger partial charge in [-0.25, -0.2) is 4.98 Å². The van der Waals surface area contributed by atoms with Gasteiger partial charge in [0.1, 0.15) is 5.82 Å². The van der Waals surface area contributed by atoms with E-state index in [1.54, 1.807) is 12.3 Å². The average Bonchev–Trinajstić information content (AvgIpc) is 2.58. The van der Waals surface area contributed by atoms with Crippen molar-refractivity contribution in [1.29, 1.82) is 0 Å². The fourth-order valence-corrected chi connectivity index (χ4v) is 2.44. The number of hydrogen-bond donors (Lipinski definition) is 2. The first kappa shape index (κ1) is 16.3. The van der Waals surface area contributed by atoms with Gasteiger partial charge in [0.15, 0.2) is 0 Å². The summed E-state index contributed by atoms with van der Waals surface area (Å²) in [7, 11) is 0. The largest absolute Gasteiger partial charge is 0.394 e. The quantitative estimate of drug-likeness (QED) is 0.745. The standard InChI is InChI=1S/C16H21N3O3/c1-2-7-17-16(21)13-5-6-15(18-11-13)19-8-3-4-14(12-19)22-10-9-20/h1,5-6,11,14,20H,3-4,7-10,12H2,(H,17,21). The highest BCUT2D eigenvalue weighted by molar-refractivity contribution is 5.94. The molecule has 0 aromatic carbocycles. The van der Waals surface area contributed by atoms with Gasteiger partial charge in [-0.3, -0.25) is 4.79 Å². The highest BCUT2D eigenvalue weighted by Gasteiger charge is 2.21. The number of aliphatic hydroxyl groups excluding tert-OH is 1. The summed E-state index contributed by atoms with van der Waals surface area (Å²) in [6.07, 6.45) is 8.78. The van der Waals surface area contributed by atoms with Crippen molar-refractivity contribution in [3.8, 4) is 12.3 Å². The summed E-state index contributed by atoms with van der Waals surface area (Å²) < 4.78 is 5.59. The molecule has 1 saturated heterocycles. The number of nitrogens with zero attached hydrogens (tertiary/aromatic N) is 2. The predicted octanol–water partition coefficient (Wildman–Crippen LogP) is 0.422. The maximum atomic E-state index is 11.8. The zero-order chi connectivity index (χ0) is 15.8. The molecule has 1 aromatic rings. The van der Waals surface area contributed by atoms with Crippen molar-refractivity contribution in [2.24, 2.45) is 0 Å². The first-order valence-electron chi connectivity index (χ1n) is 7.39. The molecule has 22 heavy (non-hydrogen) atoms. The molecule has 6 heteroatoms. The highest BCUT2D eigenvalue weighted by atomic mass is 16.5. The number of piperidine rings is 1. The van der Waals surface area contributed by atoms with E-state index in [1.807, 2.05) is 6.07 Å². The van der Waals surface area contributed by atoms with Gasteiger partial charge >= 0.3 is 0 Å². The fourth-order valence-electron chi connectivity index (χ4n) is 2.44. The number of hydrogen-bond acceptors (Lipinski definition) is 5. The lowest BCUT2D eigenvalue weighted by atomic mass is 10.1. The van der Waals surface area contributed by atoms with Crippen LogP contribution >= 0.6 is 0 Å². The van der Waals surface area contributed by atoms with Gasteiger partial charge in [0.05, 0.1) is 31.4 Å². The predicted molar refractivity (Wildman–Crippen MR) is 83.7 cm³/mol. The number of carbonyl (C=O) groups is 1. The third kappa shape index (κ3) is 4.45. The minimum absolute atomic E-state index is 0.0379. The van der Waals surface area contributed by atoms with E-state index in [9.17, 15) is 4.79 Å². The summed E-state index contributed by atoms with van der Waals surface area (Å²) in [5.74, 6) is 2.96. The molecule has 1 unspecified atom stereocenters. The second-order valence-electron chi connectivity index (χ2n) is 5.10. The number of ether oxygens (including phenoxy) is 1. The Hall–Kier alpha value is -2.10. The number of carbonyl (C=O) groups excluding carboxylic acids is 1. The molecule has 0 saturated carbocycles. The van der Waals surface area contributed by atoms with Crippen molar-refractivity contribution in [3.05, 3.63) is 23.9 Å². The van der Waals surface area contributed by atoms with Crippen LogP contribution in [-0.2, 0) is 4.74 Å². The Morgan fingerprint density at radius 1 is 1.59 bits per heavy atom. The molecule has 2 rings (SSSR count). The topological polar surface area (TPSA) is 74.7 Å². The van der Waals surface area contributed by atoms with Crippen LogP contribution in [0.25, 0.3) is 0 Å². The maximum absolute atomic E-state index is 11.8. The van der Waals surface area contributed by atoms with Crippen LogP contribution in [0.15, 0.2) is 18.3 Å². The maximum Gasteiger partial charge on any atom is 0.253 e. The number of aromatic nitrogens is 1. The Kier molecular flexibility index (Phi) is 6.19. The third-order valence-electron chi connectivity index (χ3n) is 3.51. The minimum atomic E-state index is -0.222. The fraction of sp³-hybridized carbons (Fsp3) is 0.500. The summed E-state index contributed by atoms with van der Waals surface area (Å²) in [4.78, 5) is 18.2. The van der Waals surface area contributed by atoms with E-state index in [0.717, 1.165) is 31.7 Å². The van der Waals surface area contributed by atoms with Crippen molar-refractivity contribution in [1.82, 2.24) is 10.3 Å². The van der Waals surface area contributed by atoms with Crippen LogP contribution in [0.5, 0.6) is 0 Å². The van der Waals surface area contributed by atoms with Crippen molar-refractivity contribution >= 4 is 11.7 Å². The lowest BCUT2D eigenvalue weighted by molar-refractivity contribution is 0.0213. The van der Waals surface area contributed by atoms with Crippen molar-refractivity contribution in [2.45, 2.75) is 18.9 Å². The molecule has 0 bridgehead atoms. The second kappa shape index (κ2) is 8.37. The molecule has 1 amide bonds. The van der Waals surface area contributed by atoms with Crippen LogP contribution < -0.4 is 10.2 Å². The highest BCUT2D eigenvalue weighted by Crippen LogP contribution is 2.19. The van der Waals surface area contributed by atoms with E-state index in [1.165, 1.54) is 0 Å². The monoisotopic (exact) mass is 303 g/mol. The molecule has 0 radical (unpaired) electrons. The Labute approximate surface area is 130 Å². The van der Waals surface area contributed by atoms with Crippen LogP contribution in [0, 0.1) is 12.3 Å². The summed E-state index contributed by atoms with van der Waals surface area (Å²) in [6, 6.07) is 3.57. The lowest BCUT2D eigenvalue weighted by Gasteiger charge is -2.33. The summed E-state index contributed by atoms with van der Waals surface area (Å²) in [5, 5.41) is 11.4. The number of aliphatic hydroxyl groups is 1. The van der Waals surface area contributed by atoms with Gasteiger partial charge in [-0.15, -0.1) is 6.42 Å². The minimum Gasteiger partial charge on any atom is -0.394 e. The number of amides is 1. The summed E-state index contributed by atoms with van der Waals surface area (Å²) in [6.45, 7) is 2.26. The molecule has 118 valence electrons. The molecule has 1 atom stereocenters. The van der Waals surface area contributed by atoms with Gasteiger partial charge in [-0.2, -0.15) is 0 Å². The van der Waals surface area contributed by atoms with Crippen LogP contribution in [0.2, 0.25) is 0 Å². The molecular formula is C16H21N3O3. The molecule has 6 nitrogen and oxygen atoms in total. The number of rotatable bonds is 6. The lowest BCUT2D eigenvalue weighted by Crippen LogP contribution is -2.40. The van der Waals surface area contributed by atoms with Crippen LogP contribution in [0.4, 0.5) is 5.82 Å². The van der Waals surface area contributed by atoms with Gasteiger partial charge in [0, 0.05) is 19.3 Å². The number of nitrogens with one attached hydrogen (secondary N) is 1. The van der Waals surface area contributed by atoms with E-state index in [4.69, 9.17) is 16.3 Å². The van der Waals surface area contributed by atoms with E-state index in [2.05, 4.69) is 21.1 Å². The molecule has 2 heterocycles. The molecule has 0 aliphatic carbocycles. The first-order chi connectivity index (χ1) is 10.7. The molecule has 2 N–H and O–H groups in total. The smallest absolute Gasteiger partial charge is 0.253 e. The van der Waals surface area contributed by atoms with E-state index >= 15 is 0 Å². The SMILES string of the molecule is C#CCNC(=O)c1ccc(N2CCCC(OCCO)C2)nc1. The van der Waals surface area contributed by atoms with E-state index in [-0.39, 0.29) is 25.2 Å². The van der Waals surface area contributed by atoms with Gasteiger partial charge in [-0.1, -0.05) is 5.92 Å². The zero-order valence-electron chi connectivity index (χ0n) is 12.5. The van der Waals surface area contributed by atoms with Crippen LogP contribution in [-0.4, -0.2) is 54.9 Å². The van der Waals surface area contributed by atoms with Crippen molar-refractivity contribution in [3.63, 3.8) is 0 Å². The number of terminal acetylenes is 1. The van der Waals surface area contributed by atoms with Crippen LogP contribution in [0.1, 0.15) is 23.2 Å². The summed E-state index contributed by atoms with van der Waals surface area (Å²) in [5.41, 5.74) is 0.490. The van der Waals surface area contributed by atoms with Gasteiger partial charge < -0.3 is 20.1 Å². The Balaban J connectivity index is 1.95. The van der Waals surface area contributed by atoms with Crippen LogP contribution in [0.3, 0.4) is 0 Å². The molecular weight excluding hydrogens is 282 g/mol. The average molecular weight is 303 g/mol. The molecule has 1 aliphatic rings. The molecule has 1 aromatic heterocycles. The zero-order valence-corrected chi connectivity index (χ0v) is 12.5. The summed E-state index contributed by atoms with van der Waals surface area (Å²) >= 11 is 0. The number of pyridine rings is 1. The third-order valence-corrected chi connectivity index (χ3v) is 3.51. The molecule has 1 fully saturated rings. The molecule has 0 spiro atoms. The Bertz CT molecular complexity index is 524. The number of anilines is 1. The van der Waals surface area contributed by atoms with Crippen molar-refractivity contribution in [2.75, 3.05) is 37.7 Å².